The van der Waals surface area contributed by atoms with Crippen molar-refractivity contribution < 1.29 is 9.53 Å². The smallest absolute Gasteiger partial charge is 0.258 e. The molecule has 4 nitrogen and oxygen atoms in total. The van der Waals surface area contributed by atoms with Gasteiger partial charge in [-0.05, 0) is 40.7 Å². The van der Waals surface area contributed by atoms with Gasteiger partial charge in [0.25, 0.3) is 5.91 Å². The van der Waals surface area contributed by atoms with Gasteiger partial charge in [0, 0.05) is 17.1 Å². The van der Waals surface area contributed by atoms with E-state index in [2.05, 4.69) is 5.32 Å². The highest BCUT2D eigenvalue weighted by molar-refractivity contribution is 5.78. The summed E-state index contributed by atoms with van der Waals surface area (Å²) in [5.41, 5.74) is 7.70. The summed E-state index contributed by atoms with van der Waals surface area (Å²) in [7, 11) is 0. The Kier molecular flexibility index (Phi) is 4.95. The maximum absolute atomic E-state index is 11.7. The monoisotopic (exact) mass is 264 g/mol. The highest BCUT2D eigenvalue weighted by atomic mass is 16.5. The van der Waals surface area contributed by atoms with Crippen LogP contribution in [0.5, 0.6) is 5.75 Å². The Bertz CT molecular complexity index is 448. The molecule has 1 aromatic rings. The average molecular weight is 264 g/mol. The van der Waals surface area contributed by atoms with Gasteiger partial charge in [-0.3, -0.25) is 4.79 Å². The minimum absolute atomic E-state index is 0.0000505. The first-order chi connectivity index (χ1) is 8.69. The fraction of sp³-hybridized carbons (Fsp3) is 0.533. The molecule has 0 saturated carbocycles. The van der Waals surface area contributed by atoms with Crippen LogP contribution < -0.4 is 15.8 Å². The van der Waals surface area contributed by atoms with E-state index >= 15 is 0 Å². The van der Waals surface area contributed by atoms with E-state index in [9.17, 15) is 4.79 Å². The molecule has 1 unspecified atom stereocenters. The summed E-state index contributed by atoms with van der Waals surface area (Å²) in [6.45, 7) is 9.71. The third kappa shape index (κ3) is 5.30. The Morgan fingerprint density at radius 3 is 2.58 bits per heavy atom. The Balaban J connectivity index is 2.70. The maximum atomic E-state index is 11.7. The fourth-order valence-electron chi connectivity index (χ4n) is 1.75. The number of hydrogen-bond acceptors (Lipinski definition) is 3. The highest BCUT2D eigenvalue weighted by Crippen LogP contribution is 2.24. The molecular weight excluding hydrogens is 240 g/mol. The summed E-state index contributed by atoms with van der Waals surface area (Å²) in [4.78, 5) is 11.7. The van der Waals surface area contributed by atoms with E-state index in [1.807, 2.05) is 52.8 Å². The Labute approximate surface area is 115 Å². The third-order valence-electron chi connectivity index (χ3n) is 2.53. The van der Waals surface area contributed by atoms with Gasteiger partial charge in [0.1, 0.15) is 5.75 Å². The van der Waals surface area contributed by atoms with Gasteiger partial charge < -0.3 is 15.8 Å². The number of carbonyl (C=O) groups is 1. The average Bonchev–Trinajstić information content (AvgIpc) is 2.24. The molecule has 3 N–H and O–H groups in total. The second-order valence-electron chi connectivity index (χ2n) is 5.92. The van der Waals surface area contributed by atoms with Gasteiger partial charge in [0.05, 0.1) is 0 Å². The molecular formula is C15H24N2O2. The van der Waals surface area contributed by atoms with Crippen LogP contribution in [0, 0.1) is 6.92 Å². The van der Waals surface area contributed by atoms with E-state index in [-0.39, 0.29) is 24.1 Å². The molecule has 19 heavy (non-hydrogen) atoms. The number of amides is 1. The molecule has 0 aromatic heterocycles. The molecule has 1 atom stereocenters. The Morgan fingerprint density at radius 1 is 1.42 bits per heavy atom. The number of nitrogens with one attached hydrogen (secondary N) is 1. The number of ether oxygens (including phenoxy) is 1. The molecule has 0 aliphatic carbocycles. The zero-order valence-electron chi connectivity index (χ0n) is 12.4. The van der Waals surface area contributed by atoms with E-state index in [1.165, 1.54) is 0 Å². The van der Waals surface area contributed by atoms with Crippen molar-refractivity contribution in [2.75, 3.05) is 6.61 Å². The van der Waals surface area contributed by atoms with Gasteiger partial charge in [-0.15, -0.1) is 0 Å². The van der Waals surface area contributed by atoms with Gasteiger partial charge in [-0.1, -0.05) is 17.7 Å². The van der Waals surface area contributed by atoms with Crippen LogP contribution in [0.4, 0.5) is 0 Å². The lowest BCUT2D eigenvalue weighted by molar-refractivity contribution is -0.124. The van der Waals surface area contributed by atoms with Crippen LogP contribution in [-0.4, -0.2) is 18.1 Å². The zero-order chi connectivity index (χ0) is 14.6. The van der Waals surface area contributed by atoms with Gasteiger partial charge in [0.2, 0.25) is 0 Å². The summed E-state index contributed by atoms with van der Waals surface area (Å²) in [5, 5.41) is 2.85. The second kappa shape index (κ2) is 6.06. The zero-order valence-corrected chi connectivity index (χ0v) is 12.4. The van der Waals surface area contributed by atoms with Crippen LogP contribution in [0.3, 0.4) is 0 Å². The van der Waals surface area contributed by atoms with Crippen molar-refractivity contribution in [3.63, 3.8) is 0 Å². The predicted octanol–water partition coefficient (Wildman–Crippen LogP) is 2.31. The van der Waals surface area contributed by atoms with E-state index in [1.54, 1.807) is 0 Å². The largest absolute Gasteiger partial charge is 0.483 e. The van der Waals surface area contributed by atoms with E-state index in [4.69, 9.17) is 10.5 Å². The Morgan fingerprint density at radius 2 is 2.05 bits per heavy atom. The second-order valence-corrected chi connectivity index (χ2v) is 5.92. The molecule has 106 valence electrons. The lowest BCUT2D eigenvalue weighted by Crippen LogP contribution is -2.43. The minimum atomic E-state index is -0.252. The van der Waals surface area contributed by atoms with Crippen LogP contribution in [0.2, 0.25) is 0 Å². The summed E-state index contributed by atoms with van der Waals surface area (Å²) < 4.78 is 5.57. The summed E-state index contributed by atoms with van der Waals surface area (Å²) in [5.74, 6) is 0.536. The van der Waals surface area contributed by atoms with E-state index < -0.39 is 0 Å². The lowest BCUT2D eigenvalue weighted by atomic mass is 10.1. The quantitative estimate of drug-likeness (QED) is 0.877. The van der Waals surface area contributed by atoms with Crippen molar-refractivity contribution in [2.45, 2.75) is 46.2 Å². The molecule has 0 spiro atoms. The first-order valence-electron chi connectivity index (χ1n) is 6.49. The van der Waals surface area contributed by atoms with Gasteiger partial charge in [-0.2, -0.15) is 0 Å². The van der Waals surface area contributed by atoms with Crippen LogP contribution in [0.15, 0.2) is 18.2 Å². The van der Waals surface area contributed by atoms with Gasteiger partial charge in [0.15, 0.2) is 6.61 Å². The highest BCUT2D eigenvalue weighted by Gasteiger charge is 2.15. The normalized spacial score (nSPS) is 12.9. The number of benzene rings is 1. The minimum Gasteiger partial charge on any atom is -0.483 e. The number of aryl methyl sites for hydroxylation is 1. The van der Waals surface area contributed by atoms with Crippen LogP contribution in [0.1, 0.15) is 44.9 Å². The Hall–Kier alpha value is -1.55. The van der Waals surface area contributed by atoms with Crippen molar-refractivity contribution in [1.29, 1.82) is 0 Å². The fourth-order valence-corrected chi connectivity index (χ4v) is 1.75. The van der Waals surface area contributed by atoms with Crippen LogP contribution in [-0.2, 0) is 4.79 Å². The molecule has 0 radical (unpaired) electrons. The molecule has 4 heteroatoms. The maximum Gasteiger partial charge on any atom is 0.258 e. The predicted molar refractivity (Wildman–Crippen MR) is 77.2 cm³/mol. The summed E-state index contributed by atoms with van der Waals surface area (Å²) in [6.07, 6.45) is 0. The molecule has 0 saturated heterocycles. The van der Waals surface area contributed by atoms with Crippen molar-refractivity contribution in [2.24, 2.45) is 5.73 Å². The first kappa shape index (κ1) is 15.5. The first-order valence-corrected chi connectivity index (χ1v) is 6.49. The van der Waals surface area contributed by atoms with Crippen molar-refractivity contribution in [3.8, 4) is 5.75 Å². The topological polar surface area (TPSA) is 64.3 Å². The van der Waals surface area contributed by atoms with Crippen LogP contribution in [0.25, 0.3) is 0 Å². The number of nitrogens with two attached hydrogens (primary N) is 1. The SMILES string of the molecule is Cc1ccc(OCC(=O)NC(C)(C)C)c(C(C)N)c1. The lowest BCUT2D eigenvalue weighted by Gasteiger charge is -2.21. The molecule has 1 rings (SSSR count). The van der Waals surface area contributed by atoms with Crippen molar-refractivity contribution >= 4 is 5.91 Å². The van der Waals surface area contributed by atoms with Crippen LogP contribution >= 0.6 is 0 Å². The molecule has 0 fully saturated rings. The molecule has 1 aromatic carbocycles. The summed E-state index contributed by atoms with van der Waals surface area (Å²) >= 11 is 0. The van der Waals surface area contributed by atoms with E-state index in [0.717, 1.165) is 11.1 Å². The molecule has 0 heterocycles. The van der Waals surface area contributed by atoms with E-state index in [0.29, 0.717) is 5.75 Å². The van der Waals surface area contributed by atoms with Gasteiger partial charge >= 0.3 is 0 Å². The van der Waals surface area contributed by atoms with Crippen molar-refractivity contribution in [3.05, 3.63) is 29.3 Å². The number of hydrogen-bond donors (Lipinski definition) is 2. The van der Waals surface area contributed by atoms with Gasteiger partial charge in [-0.25, -0.2) is 0 Å². The third-order valence-corrected chi connectivity index (χ3v) is 2.53. The summed E-state index contributed by atoms with van der Waals surface area (Å²) in [6, 6.07) is 5.67. The number of carbonyl (C=O) groups excluding carboxylic acids is 1. The molecule has 0 bridgehead atoms. The number of rotatable bonds is 4. The standard InChI is InChI=1S/C15H24N2O2/c1-10-6-7-13(12(8-10)11(2)16)19-9-14(18)17-15(3,4)5/h6-8,11H,9,16H2,1-5H3,(H,17,18). The molecule has 0 aliphatic heterocycles. The molecule has 0 aliphatic rings. The van der Waals surface area contributed by atoms with Crippen molar-refractivity contribution in [1.82, 2.24) is 5.32 Å². The molecule has 1 amide bonds.